The van der Waals surface area contributed by atoms with E-state index in [2.05, 4.69) is 5.10 Å². The van der Waals surface area contributed by atoms with Crippen LogP contribution in [0.2, 0.25) is 0 Å². The molecule has 1 rings (SSSR count). The molecule has 4 N–H and O–H groups in total. The van der Waals surface area contributed by atoms with Crippen molar-refractivity contribution >= 4 is 18.8 Å². The fraction of sp³-hybridized carbons (Fsp3) is 0. The van der Waals surface area contributed by atoms with Crippen molar-refractivity contribution in [3.63, 3.8) is 0 Å². The van der Waals surface area contributed by atoms with Crippen LogP contribution in [0.3, 0.4) is 0 Å². The Morgan fingerprint density at radius 1 is 1.55 bits per heavy atom. The number of nitrogens with zero attached hydrogens (tertiary/aromatic N) is 1. The Kier molecular flexibility index (Phi) is 2.30. The smallest absolute Gasteiger partial charge is 0.472 e. The van der Waals surface area contributed by atoms with E-state index in [0.717, 1.165) is 0 Å². The van der Waals surface area contributed by atoms with Gasteiger partial charge in [-0.15, -0.1) is 0 Å². The van der Waals surface area contributed by atoms with Gasteiger partial charge in [0.1, 0.15) is 0 Å². The van der Waals surface area contributed by atoms with Crippen molar-refractivity contribution in [1.29, 1.82) is 0 Å². The summed E-state index contributed by atoms with van der Waals surface area (Å²) in [5.41, 5.74) is 0.710. The van der Waals surface area contributed by atoms with Crippen LogP contribution in [0.25, 0.3) is 0 Å². The van der Waals surface area contributed by atoms with Gasteiger partial charge in [0.15, 0.2) is 0 Å². The van der Waals surface area contributed by atoms with Gasteiger partial charge in [0, 0.05) is 11.0 Å². The molecule has 11 heavy (non-hydrogen) atoms. The minimum atomic E-state index is -1.55. The third kappa shape index (κ3) is 1.60. The van der Waals surface area contributed by atoms with Crippen LogP contribution in [0.5, 0.6) is 0 Å². The molecule has 0 saturated carbocycles. The second-order valence-electron chi connectivity index (χ2n) is 1.93. The molecule has 0 aliphatic heterocycles. The highest BCUT2D eigenvalue weighted by Crippen LogP contribution is 1.93. The lowest BCUT2D eigenvalue weighted by Crippen LogP contribution is -2.31. The van der Waals surface area contributed by atoms with E-state index in [1.54, 1.807) is 0 Å². The van der Waals surface area contributed by atoms with E-state index < -0.39 is 7.12 Å². The Bertz CT molecular complexity index is 258. The van der Waals surface area contributed by atoms with Crippen molar-refractivity contribution < 1.29 is 14.5 Å². The molecular formula is C5H7BN2O3. The van der Waals surface area contributed by atoms with E-state index >= 15 is 0 Å². The van der Waals surface area contributed by atoms with Crippen LogP contribution in [-0.4, -0.2) is 23.4 Å². The summed E-state index contributed by atoms with van der Waals surface area (Å²) in [4.78, 5) is 0. The van der Waals surface area contributed by atoms with Gasteiger partial charge in [-0.25, -0.2) is 0 Å². The molecule has 0 saturated heterocycles. The minimum Gasteiger partial charge on any atom is -0.472 e. The lowest BCUT2D eigenvalue weighted by Gasteiger charge is -1.92. The van der Waals surface area contributed by atoms with Crippen LogP contribution >= 0.6 is 0 Å². The summed E-state index contributed by atoms with van der Waals surface area (Å²) < 4.78 is 4.69. The summed E-state index contributed by atoms with van der Waals surface area (Å²) in [6.07, 6.45) is 3.82. The predicted molar refractivity (Wildman–Crippen MR) is 40.3 cm³/mol. The maximum atomic E-state index is 8.71. The number of nitrogens with two attached hydrogens (primary N) is 1. The molecule has 0 unspecified atom stereocenters. The van der Waals surface area contributed by atoms with Gasteiger partial charge in [-0.1, -0.05) is 0 Å². The Balaban J connectivity index is 2.96. The molecule has 1 heterocycles. The minimum absolute atomic E-state index is 0.249. The summed E-state index contributed by atoms with van der Waals surface area (Å²) in [6.45, 7) is 0. The number of hydrogen-bond donors (Lipinski definition) is 3. The van der Waals surface area contributed by atoms with Crippen LogP contribution < -0.4 is 11.3 Å². The zero-order chi connectivity index (χ0) is 8.27. The first-order valence-electron chi connectivity index (χ1n) is 2.91. The lowest BCUT2D eigenvalue weighted by molar-refractivity contribution is 0.425. The fourth-order valence-electron chi connectivity index (χ4n) is 0.712. The van der Waals surface area contributed by atoms with Gasteiger partial charge in [0.2, 0.25) is 0 Å². The SMILES string of the molecule is N/N=C/c1cocc1B(O)O. The first-order chi connectivity index (χ1) is 5.25. The van der Waals surface area contributed by atoms with Gasteiger partial charge in [0.25, 0.3) is 0 Å². The van der Waals surface area contributed by atoms with E-state index in [1.807, 2.05) is 0 Å². The Hall–Kier alpha value is -1.27. The predicted octanol–water partition coefficient (Wildman–Crippen LogP) is -1.75. The number of rotatable bonds is 2. The maximum absolute atomic E-state index is 8.71. The molecule has 0 bridgehead atoms. The third-order valence-corrected chi connectivity index (χ3v) is 1.22. The molecule has 0 aromatic carbocycles. The second-order valence-corrected chi connectivity index (χ2v) is 1.93. The van der Waals surface area contributed by atoms with E-state index in [-0.39, 0.29) is 5.46 Å². The van der Waals surface area contributed by atoms with Crippen LogP contribution in [0.4, 0.5) is 0 Å². The van der Waals surface area contributed by atoms with Crippen molar-refractivity contribution in [2.75, 3.05) is 0 Å². The molecule has 0 spiro atoms. The molecule has 1 aromatic heterocycles. The molecule has 1 aromatic rings. The molecule has 0 amide bonds. The quantitative estimate of drug-likeness (QED) is 0.204. The summed E-state index contributed by atoms with van der Waals surface area (Å²) in [7, 11) is -1.55. The average Bonchev–Trinajstić information content (AvgIpc) is 2.36. The average molecular weight is 154 g/mol. The molecule has 0 fully saturated rings. The summed E-state index contributed by atoms with van der Waals surface area (Å²) in [5.74, 6) is 4.85. The zero-order valence-electron chi connectivity index (χ0n) is 5.64. The summed E-state index contributed by atoms with van der Waals surface area (Å²) in [5, 5.41) is 20.6. The van der Waals surface area contributed by atoms with Crippen molar-refractivity contribution in [2.24, 2.45) is 10.9 Å². The third-order valence-electron chi connectivity index (χ3n) is 1.22. The Morgan fingerprint density at radius 3 is 2.82 bits per heavy atom. The van der Waals surface area contributed by atoms with Crippen LogP contribution in [-0.2, 0) is 0 Å². The van der Waals surface area contributed by atoms with Crippen LogP contribution in [0, 0.1) is 0 Å². The Morgan fingerprint density at radius 2 is 2.27 bits per heavy atom. The highest BCUT2D eigenvalue weighted by molar-refractivity contribution is 6.60. The fourth-order valence-corrected chi connectivity index (χ4v) is 0.712. The van der Waals surface area contributed by atoms with Gasteiger partial charge in [-0.3, -0.25) is 0 Å². The van der Waals surface area contributed by atoms with Gasteiger partial charge in [0.05, 0.1) is 18.7 Å². The molecular weight excluding hydrogens is 147 g/mol. The van der Waals surface area contributed by atoms with Crippen molar-refractivity contribution in [3.8, 4) is 0 Å². The molecule has 0 aliphatic carbocycles. The monoisotopic (exact) mass is 154 g/mol. The highest BCUT2D eigenvalue weighted by atomic mass is 16.4. The van der Waals surface area contributed by atoms with Gasteiger partial charge in [-0.05, 0) is 0 Å². The van der Waals surface area contributed by atoms with Crippen LogP contribution in [0.1, 0.15) is 5.56 Å². The lowest BCUT2D eigenvalue weighted by atomic mass is 9.80. The molecule has 58 valence electrons. The van der Waals surface area contributed by atoms with E-state index in [4.69, 9.17) is 20.3 Å². The van der Waals surface area contributed by atoms with Crippen molar-refractivity contribution in [2.45, 2.75) is 0 Å². The zero-order valence-corrected chi connectivity index (χ0v) is 5.64. The molecule has 0 aliphatic rings. The first kappa shape index (κ1) is 7.84. The van der Waals surface area contributed by atoms with E-state index in [1.165, 1.54) is 18.7 Å². The van der Waals surface area contributed by atoms with E-state index in [0.29, 0.717) is 5.56 Å². The molecule has 5 nitrogen and oxygen atoms in total. The first-order valence-corrected chi connectivity index (χ1v) is 2.91. The van der Waals surface area contributed by atoms with Crippen molar-refractivity contribution in [1.82, 2.24) is 0 Å². The molecule has 0 radical (unpaired) electrons. The number of hydrazone groups is 1. The largest absolute Gasteiger partial charge is 0.492 e. The van der Waals surface area contributed by atoms with Gasteiger partial charge < -0.3 is 20.3 Å². The summed E-state index contributed by atoms with van der Waals surface area (Å²) >= 11 is 0. The van der Waals surface area contributed by atoms with Crippen molar-refractivity contribution in [3.05, 3.63) is 18.1 Å². The number of hydrogen-bond acceptors (Lipinski definition) is 5. The van der Waals surface area contributed by atoms with Gasteiger partial charge in [-0.2, -0.15) is 5.10 Å². The number of furan rings is 1. The van der Waals surface area contributed by atoms with E-state index in [9.17, 15) is 0 Å². The topological polar surface area (TPSA) is 92.0 Å². The summed E-state index contributed by atoms with van der Waals surface area (Å²) in [6, 6.07) is 0. The van der Waals surface area contributed by atoms with Gasteiger partial charge >= 0.3 is 7.12 Å². The normalized spacial score (nSPS) is 10.7. The molecule has 0 atom stereocenters. The Labute approximate surface area is 63.3 Å². The molecule has 6 heteroatoms. The maximum Gasteiger partial charge on any atom is 0.492 e. The highest BCUT2D eigenvalue weighted by Gasteiger charge is 2.16. The van der Waals surface area contributed by atoms with Crippen LogP contribution in [0.15, 0.2) is 22.0 Å². The second kappa shape index (κ2) is 3.22. The standard InChI is InChI=1S/C5H7BN2O3/c7-8-1-4-2-11-3-5(4)6(9)10/h1-3,9-10H,7H2/b8-1+.